The zero-order chi connectivity index (χ0) is 22.1. The fourth-order valence-electron chi connectivity index (χ4n) is 2.57. The molecule has 0 aliphatic heterocycles. The van der Waals surface area contributed by atoms with Crippen molar-refractivity contribution in [1.82, 2.24) is 9.62 Å². The van der Waals surface area contributed by atoms with Crippen molar-refractivity contribution in [2.24, 2.45) is 0 Å². The Hall–Kier alpha value is -2.36. The van der Waals surface area contributed by atoms with Crippen LogP contribution in [0.1, 0.15) is 18.1 Å². The number of carbonyl (C=O) groups excluding carboxylic acids is 2. The standard InChI is InChI=1S/C21H27N3O4S2/c1-16-4-6-18(7-5-16)15-29-13-12-22-21(26)14-24(3)30(27,28)20-10-8-19(9-11-20)23-17(2)25/h4-11H,12-15H2,1-3H3,(H,22,26)(H,23,25). The second-order valence-electron chi connectivity index (χ2n) is 6.85. The maximum Gasteiger partial charge on any atom is 0.243 e. The minimum absolute atomic E-state index is 0.0561. The van der Waals surface area contributed by atoms with Crippen LogP contribution in [0.15, 0.2) is 53.4 Å². The third-order valence-corrected chi connectivity index (χ3v) is 7.05. The molecule has 0 radical (unpaired) electrons. The van der Waals surface area contributed by atoms with E-state index < -0.39 is 10.0 Å². The summed E-state index contributed by atoms with van der Waals surface area (Å²) in [6.07, 6.45) is 0. The minimum atomic E-state index is -3.80. The van der Waals surface area contributed by atoms with E-state index in [1.807, 2.05) is 6.92 Å². The van der Waals surface area contributed by atoms with Gasteiger partial charge in [-0.05, 0) is 36.8 Å². The molecule has 2 amide bonds. The van der Waals surface area contributed by atoms with Crippen LogP contribution in [-0.4, -0.2) is 50.4 Å². The van der Waals surface area contributed by atoms with Gasteiger partial charge in [0.05, 0.1) is 11.4 Å². The normalized spacial score (nSPS) is 11.3. The number of anilines is 1. The Kier molecular flexibility index (Phi) is 8.88. The van der Waals surface area contributed by atoms with Gasteiger partial charge in [-0.3, -0.25) is 9.59 Å². The Labute approximate surface area is 182 Å². The zero-order valence-corrected chi connectivity index (χ0v) is 19.0. The van der Waals surface area contributed by atoms with Crippen LogP contribution in [0.4, 0.5) is 5.69 Å². The maximum absolute atomic E-state index is 12.6. The van der Waals surface area contributed by atoms with E-state index in [9.17, 15) is 18.0 Å². The number of hydrogen-bond acceptors (Lipinski definition) is 5. The topological polar surface area (TPSA) is 95.6 Å². The van der Waals surface area contributed by atoms with Gasteiger partial charge in [0.15, 0.2) is 0 Å². The molecule has 2 aromatic carbocycles. The summed E-state index contributed by atoms with van der Waals surface area (Å²) in [7, 11) is -2.44. The van der Waals surface area contributed by atoms with E-state index in [1.165, 1.54) is 49.4 Å². The number of benzene rings is 2. The van der Waals surface area contributed by atoms with Crippen LogP contribution in [0.25, 0.3) is 0 Å². The summed E-state index contributed by atoms with van der Waals surface area (Å²) < 4.78 is 26.2. The molecule has 9 heteroatoms. The monoisotopic (exact) mass is 449 g/mol. The van der Waals surface area contributed by atoms with Crippen molar-refractivity contribution in [2.45, 2.75) is 24.5 Å². The van der Waals surface area contributed by atoms with Crippen molar-refractivity contribution in [2.75, 3.05) is 31.2 Å². The summed E-state index contributed by atoms with van der Waals surface area (Å²) in [5, 5.41) is 5.33. The first-order valence-corrected chi connectivity index (χ1v) is 12.0. The first-order chi connectivity index (χ1) is 14.2. The van der Waals surface area contributed by atoms with Gasteiger partial charge in [-0.25, -0.2) is 8.42 Å². The number of aryl methyl sites for hydroxylation is 1. The molecular formula is C21H27N3O4S2. The van der Waals surface area contributed by atoms with E-state index in [0.29, 0.717) is 12.2 Å². The molecule has 7 nitrogen and oxygen atoms in total. The lowest BCUT2D eigenvalue weighted by Gasteiger charge is -2.17. The first-order valence-electron chi connectivity index (χ1n) is 9.42. The van der Waals surface area contributed by atoms with Gasteiger partial charge in [-0.2, -0.15) is 16.1 Å². The molecule has 0 fully saturated rings. The van der Waals surface area contributed by atoms with Crippen LogP contribution in [0.3, 0.4) is 0 Å². The fraction of sp³-hybridized carbons (Fsp3) is 0.333. The van der Waals surface area contributed by atoms with E-state index in [0.717, 1.165) is 15.8 Å². The van der Waals surface area contributed by atoms with Crippen molar-refractivity contribution in [3.63, 3.8) is 0 Å². The molecule has 2 aromatic rings. The second-order valence-corrected chi connectivity index (χ2v) is 10.0. The van der Waals surface area contributed by atoms with Gasteiger partial charge in [0.25, 0.3) is 0 Å². The number of nitrogens with zero attached hydrogens (tertiary/aromatic N) is 1. The van der Waals surface area contributed by atoms with Crippen LogP contribution in [0, 0.1) is 6.92 Å². The first kappa shape index (κ1) is 23.9. The second kappa shape index (κ2) is 11.1. The van der Waals surface area contributed by atoms with Crippen LogP contribution in [0.2, 0.25) is 0 Å². The Balaban J connectivity index is 1.76. The molecule has 0 bridgehead atoms. The summed E-state index contributed by atoms with van der Waals surface area (Å²) in [6, 6.07) is 14.1. The van der Waals surface area contributed by atoms with Gasteiger partial charge < -0.3 is 10.6 Å². The molecule has 0 aliphatic carbocycles. The van der Waals surface area contributed by atoms with Crippen LogP contribution in [-0.2, 0) is 25.4 Å². The Morgan fingerprint density at radius 2 is 1.67 bits per heavy atom. The third-order valence-electron chi connectivity index (χ3n) is 4.21. The molecule has 0 aromatic heterocycles. The van der Waals surface area contributed by atoms with Crippen LogP contribution < -0.4 is 10.6 Å². The fourth-order valence-corrected chi connectivity index (χ4v) is 4.52. The van der Waals surface area contributed by atoms with Gasteiger partial charge in [0.2, 0.25) is 21.8 Å². The van der Waals surface area contributed by atoms with Crippen molar-refractivity contribution in [3.05, 3.63) is 59.7 Å². The highest BCUT2D eigenvalue weighted by atomic mass is 32.2. The predicted octanol–water partition coefficient (Wildman–Crippen LogP) is 2.62. The van der Waals surface area contributed by atoms with Crippen molar-refractivity contribution in [1.29, 1.82) is 0 Å². The molecule has 0 unspecified atom stereocenters. The van der Waals surface area contributed by atoms with Crippen LogP contribution in [0.5, 0.6) is 0 Å². The Morgan fingerprint density at radius 1 is 1.03 bits per heavy atom. The van der Waals surface area contributed by atoms with Gasteiger partial charge in [0.1, 0.15) is 0 Å². The highest BCUT2D eigenvalue weighted by Gasteiger charge is 2.22. The molecule has 0 saturated carbocycles. The number of likely N-dealkylation sites (N-methyl/N-ethyl adjacent to an activating group) is 1. The largest absolute Gasteiger partial charge is 0.354 e. The number of rotatable bonds is 10. The molecule has 2 N–H and O–H groups in total. The summed E-state index contributed by atoms with van der Waals surface area (Å²) >= 11 is 1.70. The average Bonchev–Trinajstić information content (AvgIpc) is 2.69. The van der Waals surface area contributed by atoms with Crippen LogP contribution >= 0.6 is 11.8 Å². The molecule has 0 aliphatic rings. The van der Waals surface area contributed by atoms with Gasteiger partial charge >= 0.3 is 0 Å². The number of hydrogen-bond donors (Lipinski definition) is 2. The number of nitrogens with one attached hydrogen (secondary N) is 2. The number of carbonyl (C=O) groups is 2. The molecule has 0 atom stereocenters. The lowest BCUT2D eigenvalue weighted by atomic mass is 10.2. The number of amides is 2. The Morgan fingerprint density at radius 3 is 2.27 bits per heavy atom. The van der Waals surface area contributed by atoms with E-state index in [4.69, 9.17) is 0 Å². The summed E-state index contributed by atoms with van der Waals surface area (Å²) in [5.74, 6) is 1.00. The highest BCUT2D eigenvalue weighted by Crippen LogP contribution is 2.17. The van der Waals surface area contributed by atoms with E-state index in [1.54, 1.807) is 11.8 Å². The lowest BCUT2D eigenvalue weighted by molar-refractivity contribution is -0.121. The Bertz CT molecular complexity index is 959. The molecule has 2 rings (SSSR count). The van der Waals surface area contributed by atoms with Crippen molar-refractivity contribution >= 4 is 39.3 Å². The molecule has 0 spiro atoms. The molecule has 0 heterocycles. The summed E-state index contributed by atoms with van der Waals surface area (Å²) in [4.78, 5) is 23.2. The van der Waals surface area contributed by atoms with E-state index in [2.05, 4.69) is 34.9 Å². The van der Waals surface area contributed by atoms with E-state index in [-0.39, 0.29) is 23.3 Å². The number of sulfonamides is 1. The molecular weight excluding hydrogens is 422 g/mol. The zero-order valence-electron chi connectivity index (χ0n) is 17.3. The SMILES string of the molecule is CC(=O)Nc1ccc(S(=O)(=O)N(C)CC(=O)NCCSCc2ccc(C)cc2)cc1. The maximum atomic E-state index is 12.6. The van der Waals surface area contributed by atoms with Gasteiger partial charge in [0, 0.05) is 37.7 Å². The van der Waals surface area contributed by atoms with Crippen molar-refractivity contribution in [3.8, 4) is 0 Å². The predicted molar refractivity (Wildman–Crippen MR) is 121 cm³/mol. The third kappa shape index (κ3) is 7.47. The molecule has 162 valence electrons. The summed E-state index contributed by atoms with van der Waals surface area (Å²) in [6.45, 7) is 3.62. The smallest absolute Gasteiger partial charge is 0.243 e. The van der Waals surface area contributed by atoms with Gasteiger partial charge in [-0.1, -0.05) is 29.8 Å². The van der Waals surface area contributed by atoms with Gasteiger partial charge in [-0.15, -0.1) is 0 Å². The van der Waals surface area contributed by atoms with E-state index >= 15 is 0 Å². The summed E-state index contributed by atoms with van der Waals surface area (Å²) in [5.41, 5.74) is 2.95. The molecule has 30 heavy (non-hydrogen) atoms. The molecule has 0 saturated heterocycles. The minimum Gasteiger partial charge on any atom is -0.354 e. The average molecular weight is 450 g/mol. The quantitative estimate of drug-likeness (QED) is 0.544. The number of thioether (sulfide) groups is 1. The highest BCUT2D eigenvalue weighted by molar-refractivity contribution is 7.98. The lowest BCUT2D eigenvalue weighted by Crippen LogP contribution is -2.39. The van der Waals surface area contributed by atoms with Crippen molar-refractivity contribution < 1.29 is 18.0 Å².